The number of aromatic nitrogens is 5. The molecule has 270 valence electrons. The molecule has 0 amide bonds. The molecule has 0 fully saturated rings. The van der Waals surface area contributed by atoms with Crippen molar-refractivity contribution >= 4 is 54.4 Å². The van der Waals surface area contributed by atoms with Crippen LogP contribution in [-0.4, -0.2) is 24.1 Å². The van der Waals surface area contributed by atoms with E-state index in [-0.39, 0.29) is 0 Å². The second-order valence-electron chi connectivity index (χ2n) is 14.9. The second kappa shape index (κ2) is 12.8. The molecule has 0 aliphatic rings. The van der Waals surface area contributed by atoms with E-state index in [9.17, 15) is 0 Å². The van der Waals surface area contributed by atoms with Crippen molar-refractivity contribution in [3.05, 3.63) is 200 Å². The molecule has 0 aliphatic heterocycles. The van der Waals surface area contributed by atoms with Gasteiger partial charge in [-0.1, -0.05) is 115 Å². The van der Waals surface area contributed by atoms with Gasteiger partial charge in [-0.15, -0.1) is 0 Å². The third-order valence-electron chi connectivity index (χ3n) is 11.5. The quantitative estimate of drug-likeness (QED) is 0.160. The van der Waals surface area contributed by atoms with Crippen LogP contribution in [0.5, 0.6) is 0 Å². The zero-order chi connectivity index (χ0) is 38.2. The van der Waals surface area contributed by atoms with Crippen molar-refractivity contribution < 1.29 is 0 Å². The van der Waals surface area contributed by atoms with Gasteiger partial charge in [0.2, 0.25) is 0 Å². The molecule has 0 unspecified atom stereocenters. The Kier molecular flexibility index (Phi) is 7.16. The Balaban J connectivity index is 1.17. The molecule has 0 bridgehead atoms. The van der Waals surface area contributed by atoms with Gasteiger partial charge in [0, 0.05) is 40.5 Å². The highest BCUT2D eigenvalue weighted by Crippen LogP contribution is 2.44. The number of fused-ring (bicyclic) bond motifs is 2. The van der Waals surface area contributed by atoms with E-state index in [1.165, 1.54) is 37.9 Å². The highest BCUT2D eigenvalue weighted by molar-refractivity contribution is 6.27. The van der Waals surface area contributed by atoms with E-state index in [0.717, 1.165) is 72.9 Å². The Morgan fingerprint density at radius 3 is 1.34 bits per heavy atom. The third-order valence-corrected chi connectivity index (χ3v) is 11.5. The molecule has 0 aliphatic carbocycles. The number of pyridine rings is 1. The molecule has 12 aromatic rings. The van der Waals surface area contributed by atoms with Crippen molar-refractivity contribution in [2.45, 2.75) is 0 Å². The lowest BCUT2D eigenvalue weighted by atomic mass is 9.87. The van der Waals surface area contributed by atoms with Crippen LogP contribution >= 0.6 is 0 Å². The van der Waals surface area contributed by atoms with Crippen LogP contribution in [0.15, 0.2) is 200 Å². The van der Waals surface area contributed by atoms with E-state index < -0.39 is 0 Å². The Hall–Kier alpha value is -7.89. The predicted octanol–water partition coefficient (Wildman–Crippen LogP) is 13.3. The van der Waals surface area contributed by atoms with E-state index in [2.05, 4.69) is 196 Å². The summed E-state index contributed by atoms with van der Waals surface area (Å²) in [4.78, 5) is 15.2. The van der Waals surface area contributed by atoms with Crippen molar-refractivity contribution in [2.24, 2.45) is 0 Å². The maximum absolute atomic E-state index is 5.35. The minimum absolute atomic E-state index is 0.872. The van der Waals surface area contributed by atoms with Crippen molar-refractivity contribution in [3.63, 3.8) is 0 Å². The number of nitrogens with zero attached hydrogens (tertiary/aromatic N) is 5. The SMILES string of the molecule is c1ccc(-n2c(-c3cc(-c4ccc5ccc6c(-c7cccnc7)ccc7ccc4c5c76)cc(-c4nc5ccccc5n4-c4ccccc4)c3)nc3ccccc32)cc1. The van der Waals surface area contributed by atoms with E-state index in [4.69, 9.17) is 9.97 Å². The second-order valence-corrected chi connectivity index (χ2v) is 14.9. The monoisotopic (exact) mass is 739 g/mol. The maximum Gasteiger partial charge on any atom is 0.145 e. The summed E-state index contributed by atoms with van der Waals surface area (Å²) in [6.07, 6.45) is 3.79. The Morgan fingerprint density at radius 1 is 0.362 bits per heavy atom. The van der Waals surface area contributed by atoms with Gasteiger partial charge in [0.15, 0.2) is 0 Å². The summed E-state index contributed by atoms with van der Waals surface area (Å²) in [5, 5.41) is 7.40. The molecule has 0 saturated heterocycles. The maximum atomic E-state index is 5.35. The summed E-state index contributed by atoms with van der Waals surface area (Å²) in [7, 11) is 0. The van der Waals surface area contributed by atoms with Gasteiger partial charge in [0.1, 0.15) is 11.6 Å². The molecule has 5 nitrogen and oxygen atoms in total. The molecule has 0 spiro atoms. The molecule has 0 radical (unpaired) electrons. The van der Waals surface area contributed by atoms with Crippen LogP contribution in [0.25, 0.3) is 111 Å². The van der Waals surface area contributed by atoms with Crippen LogP contribution in [0.1, 0.15) is 0 Å². The van der Waals surface area contributed by atoms with E-state index in [1.807, 2.05) is 18.5 Å². The fourth-order valence-electron chi connectivity index (χ4n) is 8.98. The summed E-state index contributed by atoms with van der Waals surface area (Å²) in [5.41, 5.74) is 12.7. The fourth-order valence-corrected chi connectivity index (χ4v) is 8.98. The largest absolute Gasteiger partial charge is 0.292 e. The molecule has 3 heterocycles. The predicted molar refractivity (Wildman–Crippen MR) is 239 cm³/mol. The van der Waals surface area contributed by atoms with E-state index in [0.29, 0.717) is 0 Å². The Bertz CT molecular complexity index is 3360. The first-order valence-electron chi connectivity index (χ1n) is 19.6. The summed E-state index contributed by atoms with van der Waals surface area (Å²) in [6.45, 7) is 0. The lowest BCUT2D eigenvalue weighted by molar-refractivity contribution is 1.09. The number of hydrogen-bond acceptors (Lipinski definition) is 3. The Morgan fingerprint density at radius 2 is 0.828 bits per heavy atom. The highest BCUT2D eigenvalue weighted by Gasteiger charge is 2.22. The summed E-state index contributed by atoms with van der Waals surface area (Å²) in [5.74, 6) is 1.74. The number of imidazole rings is 2. The summed E-state index contributed by atoms with van der Waals surface area (Å²) in [6, 6.07) is 67.0. The zero-order valence-corrected chi connectivity index (χ0v) is 31.3. The lowest BCUT2D eigenvalue weighted by Gasteiger charge is -2.18. The molecule has 12 rings (SSSR count). The van der Waals surface area contributed by atoms with Crippen molar-refractivity contribution in [1.29, 1.82) is 0 Å². The highest BCUT2D eigenvalue weighted by atomic mass is 15.1. The van der Waals surface area contributed by atoms with E-state index >= 15 is 0 Å². The average Bonchev–Trinajstić information content (AvgIpc) is 3.89. The van der Waals surface area contributed by atoms with Crippen LogP contribution in [0, 0.1) is 0 Å². The van der Waals surface area contributed by atoms with Gasteiger partial charge in [-0.2, -0.15) is 0 Å². The third kappa shape index (κ3) is 5.00. The molecule has 5 heteroatoms. The van der Waals surface area contributed by atoms with Gasteiger partial charge in [0.05, 0.1) is 22.1 Å². The summed E-state index contributed by atoms with van der Waals surface area (Å²) >= 11 is 0. The van der Waals surface area contributed by atoms with Crippen LogP contribution in [0.4, 0.5) is 0 Å². The topological polar surface area (TPSA) is 48.5 Å². The molecule has 9 aromatic carbocycles. The zero-order valence-electron chi connectivity index (χ0n) is 31.3. The molecular formula is C53H33N5. The first-order chi connectivity index (χ1) is 28.8. The molecule has 0 saturated carbocycles. The van der Waals surface area contributed by atoms with Crippen LogP contribution in [-0.2, 0) is 0 Å². The number of para-hydroxylation sites is 6. The van der Waals surface area contributed by atoms with Crippen molar-refractivity contribution in [3.8, 4) is 56.4 Å². The molecule has 0 N–H and O–H groups in total. The van der Waals surface area contributed by atoms with Crippen LogP contribution in [0.2, 0.25) is 0 Å². The van der Waals surface area contributed by atoms with Gasteiger partial charge in [-0.3, -0.25) is 14.1 Å². The van der Waals surface area contributed by atoms with Gasteiger partial charge >= 0.3 is 0 Å². The van der Waals surface area contributed by atoms with Gasteiger partial charge in [-0.05, 0) is 122 Å². The molecule has 3 aromatic heterocycles. The number of hydrogen-bond donors (Lipinski definition) is 0. The normalized spacial score (nSPS) is 11.8. The minimum atomic E-state index is 0.872. The van der Waals surface area contributed by atoms with Crippen LogP contribution in [0.3, 0.4) is 0 Å². The van der Waals surface area contributed by atoms with Gasteiger partial charge in [-0.25, -0.2) is 9.97 Å². The minimum Gasteiger partial charge on any atom is -0.292 e. The number of benzene rings is 9. The average molecular weight is 740 g/mol. The van der Waals surface area contributed by atoms with Crippen molar-refractivity contribution in [2.75, 3.05) is 0 Å². The first-order valence-corrected chi connectivity index (χ1v) is 19.6. The first kappa shape index (κ1) is 32.4. The molecular weight excluding hydrogens is 707 g/mol. The lowest BCUT2D eigenvalue weighted by Crippen LogP contribution is -2.00. The Labute approximate surface area is 334 Å². The van der Waals surface area contributed by atoms with Gasteiger partial charge < -0.3 is 0 Å². The summed E-state index contributed by atoms with van der Waals surface area (Å²) < 4.78 is 4.56. The van der Waals surface area contributed by atoms with Crippen molar-refractivity contribution in [1.82, 2.24) is 24.1 Å². The van der Waals surface area contributed by atoms with E-state index in [1.54, 1.807) is 0 Å². The van der Waals surface area contributed by atoms with Gasteiger partial charge in [0.25, 0.3) is 0 Å². The molecule has 0 atom stereocenters. The molecule has 58 heavy (non-hydrogen) atoms. The standard InChI is InChI=1S/C53H33N5/c1-3-13-40(14-4-1)57-48-19-9-7-17-46(48)55-52(57)38-30-37(31-39(32-38)53-56-47-18-8-10-20-49(47)58(53)41-15-5-2-6-16-41)43-26-22-35-23-27-44-42(36-12-11-29-54-33-36)25-21-34-24-28-45(43)51(35)50(34)44/h1-33H. The smallest absolute Gasteiger partial charge is 0.145 e. The number of rotatable bonds is 6. The van der Waals surface area contributed by atoms with Crippen LogP contribution < -0.4 is 0 Å². The fraction of sp³-hybridized carbons (Fsp3) is 0.